The first kappa shape index (κ1) is 29.8. The van der Waals surface area contributed by atoms with Crippen molar-refractivity contribution in [1.29, 1.82) is 0 Å². The average molecular weight is 579 g/mol. The molecule has 3 aromatic rings. The maximum atomic E-state index is 15.5. The second-order valence-electron chi connectivity index (χ2n) is 10.0. The van der Waals surface area contributed by atoms with E-state index >= 15 is 8.78 Å². The maximum absolute atomic E-state index is 15.5. The molecule has 41 heavy (non-hydrogen) atoms. The fraction of sp³-hybridized carbons (Fsp3) is 0.333. The molecule has 3 atom stereocenters. The van der Waals surface area contributed by atoms with Crippen molar-refractivity contribution >= 4 is 45.2 Å². The number of nitrogens with zero attached hydrogens (tertiary/aromatic N) is 4. The number of benzene rings is 1. The number of amides is 1. The highest BCUT2D eigenvalue weighted by Crippen LogP contribution is 2.51. The molecule has 8 nitrogen and oxygen atoms in total. The second-order valence-corrected chi connectivity index (χ2v) is 11.5. The second kappa shape index (κ2) is 12.1. The van der Waals surface area contributed by atoms with Crippen LogP contribution in [0.15, 0.2) is 59.9 Å². The van der Waals surface area contributed by atoms with Gasteiger partial charge in [0.25, 0.3) is 0 Å². The Morgan fingerprint density at radius 3 is 2.78 bits per heavy atom. The minimum Gasteiger partial charge on any atom is -0.479 e. The van der Waals surface area contributed by atoms with Crippen molar-refractivity contribution in [3.05, 3.63) is 66.3 Å². The average Bonchev–Trinajstić information content (AvgIpc) is 2.95. The Morgan fingerprint density at radius 2 is 2.07 bits per heavy atom. The molecule has 0 aliphatic carbocycles. The zero-order valence-electron chi connectivity index (χ0n) is 23.5. The Morgan fingerprint density at radius 1 is 1.29 bits per heavy atom. The Balaban J connectivity index is 1.71. The summed E-state index contributed by atoms with van der Waals surface area (Å²) in [6.45, 7) is 4.61. The van der Waals surface area contributed by atoms with E-state index in [2.05, 4.69) is 32.1 Å². The van der Waals surface area contributed by atoms with Crippen LogP contribution in [0, 0.1) is 23.6 Å². The van der Waals surface area contributed by atoms with E-state index in [1.54, 1.807) is 52.5 Å². The number of thioether (sulfide) groups is 1. The van der Waals surface area contributed by atoms with E-state index in [1.165, 1.54) is 40.9 Å². The van der Waals surface area contributed by atoms with Crippen molar-refractivity contribution in [2.75, 3.05) is 32.7 Å². The van der Waals surface area contributed by atoms with Crippen LogP contribution in [-0.4, -0.2) is 58.1 Å². The van der Waals surface area contributed by atoms with Crippen LogP contribution in [0.3, 0.4) is 0 Å². The van der Waals surface area contributed by atoms with Gasteiger partial charge in [-0.3, -0.25) is 4.79 Å². The molecule has 0 radical (unpaired) electrons. The molecule has 0 bridgehead atoms. The minimum atomic E-state index is -1.63. The lowest BCUT2D eigenvalue weighted by molar-refractivity contribution is -0.123. The molecule has 214 valence electrons. The summed E-state index contributed by atoms with van der Waals surface area (Å²) in [6, 6.07) is 7.95. The summed E-state index contributed by atoms with van der Waals surface area (Å²) >= 11 is 1.21. The maximum Gasteiger partial charge on any atom is 0.245 e. The number of aromatic nitrogens is 2. The molecule has 1 aromatic carbocycles. The van der Waals surface area contributed by atoms with Gasteiger partial charge in [-0.25, -0.2) is 23.7 Å². The number of fused-ring (bicyclic) bond motifs is 1. The Labute approximate surface area is 242 Å². The molecule has 0 spiro atoms. The highest BCUT2D eigenvalue weighted by Gasteiger charge is 2.52. The summed E-state index contributed by atoms with van der Waals surface area (Å²) in [7, 11) is 3.27. The number of hydrogen-bond acceptors (Lipinski definition) is 8. The molecule has 3 N–H and O–H groups in total. The van der Waals surface area contributed by atoms with Crippen LogP contribution in [0.1, 0.15) is 26.3 Å². The van der Waals surface area contributed by atoms with Crippen LogP contribution >= 0.6 is 11.8 Å². The number of halogens is 2. The topological polar surface area (TPSA) is 106 Å². The van der Waals surface area contributed by atoms with Gasteiger partial charge in [0.05, 0.1) is 6.20 Å². The van der Waals surface area contributed by atoms with Crippen molar-refractivity contribution in [1.82, 2.24) is 14.9 Å². The molecule has 0 saturated heterocycles. The van der Waals surface area contributed by atoms with Crippen LogP contribution in [-0.2, 0) is 10.3 Å². The third-order valence-electron chi connectivity index (χ3n) is 7.17. The Kier molecular flexibility index (Phi) is 8.83. The third-order valence-corrected chi connectivity index (χ3v) is 8.40. The lowest BCUT2D eigenvalue weighted by Gasteiger charge is -2.46. The number of alkyl halides is 1. The highest BCUT2D eigenvalue weighted by atomic mass is 32.2. The number of aliphatic imine (C=N–C) groups is 1. The molecule has 1 aliphatic rings. The van der Waals surface area contributed by atoms with E-state index in [0.717, 1.165) is 5.39 Å². The third kappa shape index (κ3) is 6.12. The summed E-state index contributed by atoms with van der Waals surface area (Å²) < 4.78 is 35.4. The van der Waals surface area contributed by atoms with E-state index in [-0.39, 0.29) is 23.2 Å². The van der Waals surface area contributed by atoms with E-state index in [0.29, 0.717) is 22.8 Å². The number of ether oxygens (including phenoxy) is 1. The molecular formula is C30H32F2N6O2S. The SMILES string of the molecule is CC#CCOc1cnc2c(Nc3ccc(F)c([C@@]4(CF)N=C(N)S[C@](C)(/C=C/C(=O)N(C)C)[C@H]4C)c3)nccc2c1. The van der Waals surface area contributed by atoms with Gasteiger partial charge in [0.15, 0.2) is 11.0 Å². The van der Waals surface area contributed by atoms with Gasteiger partial charge in [-0.1, -0.05) is 30.7 Å². The number of amidine groups is 1. The van der Waals surface area contributed by atoms with Crippen molar-refractivity contribution < 1.29 is 18.3 Å². The number of nitrogens with one attached hydrogen (secondary N) is 1. The highest BCUT2D eigenvalue weighted by molar-refractivity contribution is 8.15. The van der Waals surface area contributed by atoms with Crippen molar-refractivity contribution in [3.63, 3.8) is 0 Å². The van der Waals surface area contributed by atoms with Gasteiger partial charge in [0.2, 0.25) is 5.91 Å². The number of nitrogens with two attached hydrogens (primary N) is 1. The largest absolute Gasteiger partial charge is 0.479 e. The van der Waals surface area contributed by atoms with E-state index in [4.69, 9.17) is 10.5 Å². The monoisotopic (exact) mass is 578 g/mol. The molecule has 0 saturated carbocycles. The van der Waals surface area contributed by atoms with Crippen LogP contribution in [0.2, 0.25) is 0 Å². The lowest BCUT2D eigenvalue weighted by atomic mass is 9.73. The number of likely N-dealkylation sites (N-methyl/N-ethyl adjacent to an activating group) is 1. The van der Waals surface area contributed by atoms with Crippen molar-refractivity contribution in [3.8, 4) is 17.6 Å². The predicted octanol–water partition coefficient (Wildman–Crippen LogP) is 5.18. The van der Waals surface area contributed by atoms with Crippen molar-refractivity contribution in [2.45, 2.75) is 31.1 Å². The summed E-state index contributed by atoms with van der Waals surface area (Å²) in [5, 5.41) is 4.07. The molecule has 1 amide bonds. The van der Waals surface area contributed by atoms with Gasteiger partial charge >= 0.3 is 0 Å². The van der Waals surface area contributed by atoms with E-state index in [9.17, 15) is 4.79 Å². The number of carbonyl (C=O) groups is 1. The molecule has 0 unspecified atom stereocenters. The van der Waals surface area contributed by atoms with E-state index < -0.39 is 28.7 Å². The first-order chi connectivity index (χ1) is 19.5. The zero-order valence-corrected chi connectivity index (χ0v) is 24.4. The first-order valence-corrected chi connectivity index (χ1v) is 13.7. The van der Waals surface area contributed by atoms with Crippen LogP contribution < -0.4 is 15.8 Å². The van der Waals surface area contributed by atoms with Crippen molar-refractivity contribution in [2.24, 2.45) is 16.6 Å². The molecule has 1 aliphatic heterocycles. The van der Waals surface area contributed by atoms with Crippen LogP contribution in [0.5, 0.6) is 5.75 Å². The van der Waals surface area contributed by atoms with Gasteiger partial charge in [0, 0.05) is 53.7 Å². The summed E-state index contributed by atoms with van der Waals surface area (Å²) in [5.41, 5.74) is 5.64. The fourth-order valence-electron chi connectivity index (χ4n) is 4.65. The van der Waals surface area contributed by atoms with Gasteiger partial charge in [-0.05, 0) is 44.2 Å². The van der Waals surface area contributed by atoms with Crippen LogP contribution in [0.4, 0.5) is 20.3 Å². The number of rotatable bonds is 8. The minimum absolute atomic E-state index is 0.0419. The Hall–Kier alpha value is -4.17. The zero-order chi connectivity index (χ0) is 29.8. The standard InChI is InChI=1S/C30H32F2N6O2S/c1-6-7-14-40-22-15-20-11-13-34-27(26(20)35-17-22)36-21-8-9-24(32)23(16-21)30(18-31)19(2)29(3,41-28(33)37-30)12-10-25(39)38(4)5/h8-13,15-17,19H,14,18H2,1-5H3,(H2,33,37)(H,34,36)/b12-10+/t19-,29-,30+/m1/s1. The number of pyridine rings is 2. The molecule has 3 heterocycles. The normalized spacial score (nSPS) is 22.1. The smallest absolute Gasteiger partial charge is 0.245 e. The van der Waals surface area contributed by atoms with E-state index in [1.807, 2.05) is 13.0 Å². The molecule has 2 aromatic heterocycles. The quantitative estimate of drug-likeness (QED) is 0.280. The van der Waals surface area contributed by atoms with Crippen LogP contribution in [0.25, 0.3) is 10.9 Å². The van der Waals surface area contributed by atoms with Gasteiger partial charge in [-0.2, -0.15) is 0 Å². The Bertz CT molecular complexity index is 1580. The van der Waals surface area contributed by atoms with Gasteiger partial charge in [-0.15, -0.1) is 5.92 Å². The lowest BCUT2D eigenvalue weighted by Crippen LogP contribution is -2.50. The molecule has 11 heteroatoms. The summed E-state index contributed by atoms with van der Waals surface area (Å²) in [4.78, 5) is 27.1. The summed E-state index contributed by atoms with van der Waals surface area (Å²) in [6.07, 6.45) is 6.31. The van der Waals surface area contributed by atoms with Gasteiger partial charge < -0.3 is 20.7 Å². The molecule has 0 fully saturated rings. The number of anilines is 2. The fourth-order valence-corrected chi connectivity index (χ4v) is 5.82. The molecule has 4 rings (SSSR count). The summed E-state index contributed by atoms with van der Waals surface area (Å²) in [5.74, 6) is 5.17. The first-order valence-electron chi connectivity index (χ1n) is 12.9. The number of carbonyl (C=O) groups excluding carboxylic acids is 1. The predicted molar refractivity (Wildman–Crippen MR) is 160 cm³/mol. The van der Waals surface area contributed by atoms with Gasteiger partial charge in [0.1, 0.15) is 35.9 Å². The molecular weight excluding hydrogens is 546 g/mol. The number of hydrogen-bond donors (Lipinski definition) is 2.